The summed E-state index contributed by atoms with van der Waals surface area (Å²) in [6.45, 7) is 4.92. The van der Waals surface area contributed by atoms with Gasteiger partial charge in [-0.1, -0.05) is 12.1 Å². The van der Waals surface area contributed by atoms with Crippen LogP contribution in [0.15, 0.2) is 53.7 Å². The van der Waals surface area contributed by atoms with Gasteiger partial charge < -0.3 is 9.64 Å². The molecule has 9 heteroatoms. The van der Waals surface area contributed by atoms with Gasteiger partial charge in [0.2, 0.25) is 15.9 Å². The van der Waals surface area contributed by atoms with Crippen molar-refractivity contribution < 1.29 is 17.9 Å². The maximum atomic E-state index is 12.6. The number of sulfonamides is 1. The number of aromatic nitrogens is 1. The van der Waals surface area contributed by atoms with Gasteiger partial charge in [0.15, 0.2) is 0 Å². The van der Waals surface area contributed by atoms with Crippen LogP contribution in [0.1, 0.15) is 31.2 Å². The van der Waals surface area contributed by atoms with E-state index in [0.29, 0.717) is 19.1 Å². The van der Waals surface area contributed by atoms with Crippen LogP contribution in [0.2, 0.25) is 0 Å². The summed E-state index contributed by atoms with van der Waals surface area (Å²) in [5, 5.41) is 0. The third-order valence-corrected chi connectivity index (χ3v) is 7.87. The van der Waals surface area contributed by atoms with Gasteiger partial charge in [-0.15, -0.1) is 0 Å². The van der Waals surface area contributed by atoms with Crippen LogP contribution >= 0.6 is 0 Å². The number of carbonyl (C=O) groups is 1. The lowest BCUT2D eigenvalue weighted by molar-refractivity contribution is -0.131. The average Bonchev–Trinajstić information content (AvgIpc) is 2.84. The fourth-order valence-electron chi connectivity index (χ4n) is 4.58. The fourth-order valence-corrected chi connectivity index (χ4v) is 5.66. The Balaban J connectivity index is 1.19. The van der Waals surface area contributed by atoms with E-state index in [-0.39, 0.29) is 23.5 Å². The van der Waals surface area contributed by atoms with Gasteiger partial charge in [-0.3, -0.25) is 14.7 Å². The number of aryl methyl sites for hydroxylation is 1. The molecule has 33 heavy (non-hydrogen) atoms. The van der Waals surface area contributed by atoms with E-state index in [4.69, 9.17) is 4.74 Å². The second-order valence-corrected chi connectivity index (χ2v) is 10.6. The molecule has 2 aliphatic heterocycles. The van der Waals surface area contributed by atoms with Crippen molar-refractivity contribution in [2.75, 3.05) is 32.7 Å². The van der Waals surface area contributed by atoms with Crippen molar-refractivity contribution in [2.24, 2.45) is 0 Å². The predicted octanol–water partition coefficient (Wildman–Crippen LogP) is 2.20. The van der Waals surface area contributed by atoms with Crippen LogP contribution < -0.4 is 9.46 Å². The number of amides is 1. The molecule has 178 valence electrons. The highest BCUT2D eigenvalue weighted by Crippen LogP contribution is 2.24. The van der Waals surface area contributed by atoms with E-state index < -0.39 is 10.0 Å². The number of ether oxygens (including phenoxy) is 1. The van der Waals surface area contributed by atoms with Crippen LogP contribution in [0.4, 0.5) is 0 Å². The summed E-state index contributed by atoms with van der Waals surface area (Å²) in [5.41, 5.74) is 0.860. The van der Waals surface area contributed by atoms with Gasteiger partial charge in [-0.2, -0.15) is 0 Å². The van der Waals surface area contributed by atoms with Crippen molar-refractivity contribution in [2.45, 2.75) is 49.6 Å². The van der Waals surface area contributed by atoms with Crippen LogP contribution in [0.25, 0.3) is 0 Å². The van der Waals surface area contributed by atoms with E-state index in [1.165, 1.54) is 6.07 Å². The summed E-state index contributed by atoms with van der Waals surface area (Å²) < 4.78 is 33.4. The number of benzene rings is 1. The Morgan fingerprint density at radius 1 is 1.06 bits per heavy atom. The zero-order chi connectivity index (χ0) is 23.3. The standard InChI is InChI=1S/C24H32N4O4S/c1-19-3-2-4-23(17-19)33(30,31)26-18-24(29)28-13-7-20(8-14-28)27-15-9-22(10-16-27)32-21-5-11-25-12-6-21/h2-6,11-12,17,20,22,26H,7-10,13-16,18H2,1H3. The molecule has 0 bridgehead atoms. The average molecular weight is 473 g/mol. The van der Waals surface area contributed by atoms with Crippen molar-refractivity contribution >= 4 is 15.9 Å². The minimum atomic E-state index is -3.69. The predicted molar refractivity (Wildman–Crippen MR) is 125 cm³/mol. The minimum absolute atomic E-state index is 0.172. The van der Waals surface area contributed by atoms with Gasteiger partial charge in [0.25, 0.3) is 0 Å². The van der Waals surface area contributed by atoms with Crippen molar-refractivity contribution in [1.82, 2.24) is 19.5 Å². The molecule has 2 aliphatic rings. The summed E-state index contributed by atoms with van der Waals surface area (Å²) in [6.07, 6.45) is 7.51. The molecule has 1 aromatic carbocycles. The third-order valence-electron chi connectivity index (χ3n) is 6.48. The molecule has 2 fully saturated rings. The highest BCUT2D eigenvalue weighted by molar-refractivity contribution is 7.89. The Morgan fingerprint density at radius 3 is 2.42 bits per heavy atom. The third kappa shape index (κ3) is 6.31. The first-order valence-electron chi connectivity index (χ1n) is 11.6. The van der Waals surface area contributed by atoms with E-state index in [2.05, 4.69) is 14.6 Å². The first-order valence-corrected chi connectivity index (χ1v) is 13.0. The molecular formula is C24H32N4O4S. The topological polar surface area (TPSA) is 91.8 Å². The smallest absolute Gasteiger partial charge is 0.241 e. The van der Waals surface area contributed by atoms with E-state index in [9.17, 15) is 13.2 Å². The maximum absolute atomic E-state index is 12.6. The van der Waals surface area contributed by atoms with Crippen LogP contribution in [0.5, 0.6) is 5.75 Å². The molecule has 1 aromatic heterocycles. The molecule has 0 saturated carbocycles. The largest absolute Gasteiger partial charge is 0.490 e. The number of carbonyl (C=O) groups excluding carboxylic acids is 1. The van der Waals surface area contributed by atoms with Crippen LogP contribution in [0.3, 0.4) is 0 Å². The first kappa shape index (κ1) is 23.7. The Hall–Kier alpha value is -2.49. The van der Waals surface area contributed by atoms with Crippen LogP contribution in [-0.4, -0.2) is 74.0 Å². The van der Waals surface area contributed by atoms with Gasteiger partial charge >= 0.3 is 0 Å². The van der Waals surface area contributed by atoms with E-state index >= 15 is 0 Å². The normalized spacial score (nSPS) is 18.9. The molecule has 8 nitrogen and oxygen atoms in total. The summed E-state index contributed by atoms with van der Waals surface area (Å²) in [4.78, 5) is 21.1. The number of rotatable bonds is 7. The van der Waals surface area contributed by atoms with Gasteiger partial charge in [0.05, 0.1) is 11.4 Å². The van der Waals surface area contributed by atoms with Crippen molar-refractivity contribution in [3.63, 3.8) is 0 Å². The van der Waals surface area contributed by atoms with Gasteiger partial charge in [-0.05, 0) is 62.4 Å². The minimum Gasteiger partial charge on any atom is -0.490 e. The molecule has 3 heterocycles. The molecule has 0 unspecified atom stereocenters. The number of hydrogen-bond donors (Lipinski definition) is 1. The molecule has 0 aliphatic carbocycles. The zero-order valence-corrected chi connectivity index (χ0v) is 19.8. The van der Waals surface area contributed by atoms with Gasteiger partial charge in [-0.25, -0.2) is 13.1 Å². The Labute approximate surface area is 196 Å². The van der Waals surface area contributed by atoms with Crippen molar-refractivity contribution in [1.29, 1.82) is 0 Å². The van der Waals surface area contributed by atoms with Crippen molar-refractivity contribution in [3.05, 3.63) is 54.4 Å². The molecule has 2 aromatic rings. The summed E-state index contributed by atoms with van der Waals surface area (Å²) in [6, 6.07) is 10.9. The Bertz CT molecular complexity index is 1030. The lowest BCUT2D eigenvalue weighted by Gasteiger charge is -2.41. The summed E-state index contributed by atoms with van der Waals surface area (Å²) in [7, 11) is -3.69. The molecule has 1 amide bonds. The number of pyridine rings is 1. The lowest BCUT2D eigenvalue weighted by atomic mass is 9.99. The molecular weight excluding hydrogens is 440 g/mol. The molecule has 1 N–H and O–H groups in total. The zero-order valence-electron chi connectivity index (χ0n) is 19.0. The molecule has 0 radical (unpaired) electrons. The van der Waals surface area contributed by atoms with E-state index in [1.54, 1.807) is 29.4 Å². The van der Waals surface area contributed by atoms with Crippen LogP contribution in [-0.2, 0) is 14.8 Å². The first-order chi connectivity index (χ1) is 15.9. The van der Waals surface area contributed by atoms with Crippen molar-refractivity contribution in [3.8, 4) is 5.75 Å². The number of nitrogens with one attached hydrogen (secondary N) is 1. The Morgan fingerprint density at radius 2 is 1.76 bits per heavy atom. The van der Waals surface area contributed by atoms with E-state index in [0.717, 1.165) is 50.1 Å². The molecule has 2 saturated heterocycles. The SMILES string of the molecule is Cc1cccc(S(=O)(=O)NCC(=O)N2CCC(N3CCC(Oc4ccncc4)CC3)CC2)c1. The maximum Gasteiger partial charge on any atom is 0.241 e. The summed E-state index contributed by atoms with van der Waals surface area (Å²) in [5.74, 6) is 0.697. The number of nitrogens with zero attached hydrogens (tertiary/aromatic N) is 3. The second kappa shape index (κ2) is 10.6. The van der Waals surface area contributed by atoms with Gasteiger partial charge in [0.1, 0.15) is 11.9 Å². The fraction of sp³-hybridized carbons (Fsp3) is 0.500. The highest BCUT2D eigenvalue weighted by atomic mass is 32.2. The number of piperidine rings is 2. The van der Waals surface area contributed by atoms with Gasteiger partial charge in [0, 0.05) is 44.6 Å². The lowest BCUT2D eigenvalue weighted by Crippen LogP contribution is -2.51. The van der Waals surface area contributed by atoms with Crippen LogP contribution in [0, 0.1) is 6.92 Å². The number of likely N-dealkylation sites (tertiary alicyclic amines) is 2. The quantitative estimate of drug-likeness (QED) is 0.664. The monoisotopic (exact) mass is 472 g/mol. The summed E-state index contributed by atoms with van der Waals surface area (Å²) >= 11 is 0. The number of hydrogen-bond acceptors (Lipinski definition) is 6. The second-order valence-electron chi connectivity index (χ2n) is 8.79. The highest BCUT2D eigenvalue weighted by Gasteiger charge is 2.30. The molecule has 0 atom stereocenters. The van der Waals surface area contributed by atoms with E-state index in [1.807, 2.05) is 25.1 Å². The molecule has 4 rings (SSSR count). The molecule has 0 spiro atoms. The Kier molecular flexibility index (Phi) is 7.62.